The number of thiophene rings is 1. The normalized spacial score (nSPS) is 10.7. The Morgan fingerprint density at radius 1 is 1.21 bits per heavy atom. The van der Waals surface area contributed by atoms with Crippen LogP contribution < -0.4 is 16.0 Å². The van der Waals surface area contributed by atoms with E-state index in [0.29, 0.717) is 24.7 Å². The Hall–Kier alpha value is -1.68. The minimum absolute atomic E-state index is 0. The van der Waals surface area contributed by atoms with Gasteiger partial charge in [-0.25, -0.2) is 9.38 Å². The summed E-state index contributed by atoms with van der Waals surface area (Å²) in [5, 5.41) is 12.8. The van der Waals surface area contributed by atoms with E-state index in [4.69, 9.17) is 0 Å². The number of halogens is 2. The van der Waals surface area contributed by atoms with Gasteiger partial charge < -0.3 is 16.0 Å². The van der Waals surface area contributed by atoms with Crippen molar-refractivity contribution in [3.8, 4) is 0 Å². The van der Waals surface area contributed by atoms with Crippen LogP contribution in [-0.2, 0) is 11.3 Å². The van der Waals surface area contributed by atoms with Crippen LogP contribution >= 0.6 is 35.3 Å². The van der Waals surface area contributed by atoms with Gasteiger partial charge in [-0.05, 0) is 53.6 Å². The van der Waals surface area contributed by atoms with Crippen LogP contribution in [0.2, 0.25) is 0 Å². The zero-order valence-corrected chi connectivity index (χ0v) is 16.4. The predicted octanol–water partition coefficient (Wildman–Crippen LogP) is 3.20. The largest absolute Gasteiger partial charge is 0.357 e. The van der Waals surface area contributed by atoms with E-state index in [1.807, 2.05) is 23.8 Å². The highest BCUT2D eigenvalue weighted by Crippen LogP contribution is 2.08. The zero-order valence-electron chi connectivity index (χ0n) is 13.2. The average Bonchev–Trinajstić information content (AvgIpc) is 3.06. The molecule has 0 saturated heterocycles. The molecular weight excluding hydrogens is 442 g/mol. The van der Waals surface area contributed by atoms with Crippen molar-refractivity contribution in [2.75, 3.05) is 18.4 Å². The molecule has 0 atom stereocenters. The van der Waals surface area contributed by atoms with Gasteiger partial charge in [-0.15, -0.1) is 24.0 Å². The number of anilines is 1. The lowest BCUT2D eigenvalue weighted by Crippen LogP contribution is -2.41. The maximum absolute atomic E-state index is 12.8. The van der Waals surface area contributed by atoms with Crippen molar-refractivity contribution in [1.82, 2.24) is 10.6 Å². The smallest absolute Gasteiger partial charge is 0.243 e. The maximum Gasteiger partial charge on any atom is 0.243 e. The first kappa shape index (κ1) is 20.4. The minimum atomic E-state index is -0.337. The van der Waals surface area contributed by atoms with E-state index in [9.17, 15) is 9.18 Å². The first-order valence-corrected chi connectivity index (χ1v) is 8.20. The second-order valence-electron chi connectivity index (χ2n) is 4.74. The second kappa shape index (κ2) is 11.0. The zero-order chi connectivity index (χ0) is 16.5. The summed E-state index contributed by atoms with van der Waals surface area (Å²) in [5.74, 6) is 0.0156. The van der Waals surface area contributed by atoms with E-state index < -0.39 is 0 Å². The lowest BCUT2D eigenvalue weighted by atomic mass is 10.3. The molecule has 2 rings (SSSR count). The third-order valence-electron chi connectivity index (χ3n) is 2.89. The molecule has 0 aliphatic rings. The molecule has 8 heteroatoms. The van der Waals surface area contributed by atoms with Crippen molar-refractivity contribution in [1.29, 1.82) is 0 Å². The Morgan fingerprint density at radius 3 is 2.58 bits per heavy atom. The fourth-order valence-electron chi connectivity index (χ4n) is 1.80. The Bertz CT molecular complexity index is 647. The molecule has 0 fully saturated rings. The van der Waals surface area contributed by atoms with Crippen LogP contribution in [0.4, 0.5) is 10.1 Å². The summed E-state index contributed by atoms with van der Waals surface area (Å²) in [6.45, 7) is 3.29. The number of hydrogen-bond donors (Lipinski definition) is 3. The molecule has 1 amide bonds. The highest BCUT2D eigenvalue weighted by Gasteiger charge is 2.04. The van der Waals surface area contributed by atoms with E-state index in [-0.39, 0.29) is 42.2 Å². The number of nitrogens with one attached hydrogen (secondary N) is 3. The Morgan fingerprint density at radius 2 is 1.96 bits per heavy atom. The van der Waals surface area contributed by atoms with Crippen LogP contribution in [0.15, 0.2) is 46.1 Å². The van der Waals surface area contributed by atoms with E-state index in [1.165, 1.54) is 24.3 Å². The van der Waals surface area contributed by atoms with Crippen LogP contribution in [0.1, 0.15) is 12.5 Å². The van der Waals surface area contributed by atoms with Crippen LogP contribution in [-0.4, -0.2) is 25.0 Å². The van der Waals surface area contributed by atoms with Gasteiger partial charge in [0.05, 0.1) is 13.1 Å². The lowest BCUT2D eigenvalue weighted by molar-refractivity contribution is -0.115. The predicted molar refractivity (Wildman–Crippen MR) is 108 cm³/mol. The highest BCUT2D eigenvalue weighted by atomic mass is 127. The number of rotatable bonds is 6. The molecule has 5 nitrogen and oxygen atoms in total. The monoisotopic (exact) mass is 462 g/mol. The molecule has 0 bridgehead atoms. The first-order valence-electron chi connectivity index (χ1n) is 7.26. The number of amides is 1. The molecule has 1 aromatic heterocycles. The van der Waals surface area contributed by atoms with Crippen molar-refractivity contribution in [2.45, 2.75) is 13.5 Å². The van der Waals surface area contributed by atoms with Crippen molar-refractivity contribution in [3.05, 3.63) is 52.5 Å². The SMILES string of the molecule is CCNC(=NCc1ccsc1)NCC(=O)Nc1ccc(F)cc1.I. The second-order valence-corrected chi connectivity index (χ2v) is 5.52. The summed E-state index contributed by atoms with van der Waals surface area (Å²) < 4.78 is 12.8. The van der Waals surface area contributed by atoms with Gasteiger partial charge in [0.2, 0.25) is 5.91 Å². The van der Waals surface area contributed by atoms with Gasteiger partial charge in [0.25, 0.3) is 0 Å². The summed E-state index contributed by atoms with van der Waals surface area (Å²) in [6, 6.07) is 7.65. The molecule has 0 aliphatic heterocycles. The van der Waals surface area contributed by atoms with E-state index >= 15 is 0 Å². The molecule has 130 valence electrons. The van der Waals surface area contributed by atoms with Gasteiger partial charge in [-0.3, -0.25) is 4.79 Å². The van der Waals surface area contributed by atoms with Crippen LogP contribution in [0.3, 0.4) is 0 Å². The fraction of sp³-hybridized carbons (Fsp3) is 0.250. The molecule has 0 unspecified atom stereocenters. The molecule has 0 spiro atoms. The third kappa shape index (κ3) is 7.26. The van der Waals surface area contributed by atoms with Crippen LogP contribution in [0.5, 0.6) is 0 Å². The maximum atomic E-state index is 12.8. The Kier molecular flexibility index (Phi) is 9.31. The van der Waals surface area contributed by atoms with Gasteiger partial charge >= 0.3 is 0 Å². The van der Waals surface area contributed by atoms with Gasteiger partial charge in [-0.2, -0.15) is 11.3 Å². The number of nitrogens with zero attached hydrogens (tertiary/aromatic N) is 1. The topological polar surface area (TPSA) is 65.5 Å². The van der Waals surface area contributed by atoms with Gasteiger partial charge in [0.1, 0.15) is 5.82 Å². The number of aliphatic imine (C=N–C) groups is 1. The molecule has 0 radical (unpaired) electrons. The first-order chi connectivity index (χ1) is 11.2. The number of guanidine groups is 1. The van der Waals surface area contributed by atoms with Gasteiger partial charge in [0, 0.05) is 12.2 Å². The van der Waals surface area contributed by atoms with Crippen LogP contribution in [0.25, 0.3) is 0 Å². The Balaban J connectivity index is 0.00000288. The van der Waals surface area contributed by atoms with E-state index in [2.05, 4.69) is 20.9 Å². The highest BCUT2D eigenvalue weighted by molar-refractivity contribution is 14.0. The van der Waals surface area contributed by atoms with Gasteiger partial charge in [-0.1, -0.05) is 0 Å². The number of hydrogen-bond acceptors (Lipinski definition) is 3. The van der Waals surface area contributed by atoms with Gasteiger partial charge in [0.15, 0.2) is 5.96 Å². The fourth-order valence-corrected chi connectivity index (χ4v) is 2.46. The molecule has 0 aliphatic carbocycles. The molecule has 1 heterocycles. The summed E-state index contributed by atoms with van der Waals surface area (Å²) in [7, 11) is 0. The molecule has 0 saturated carbocycles. The number of carbonyl (C=O) groups excluding carboxylic acids is 1. The molecule has 24 heavy (non-hydrogen) atoms. The standard InChI is InChI=1S/C16H19FN4OS.HI/c1-2-18-16(19-9-12-7-8-23-11-12)20-10-15(22)21-14-5-3-13(17)4-6-14;/h3-8,11H,2,9-10H2,1H3,(H,21,22)(H2,18,19,20);1H. The summed E-state index contributed by atoms with van der Waals surface area (Å²) in [4.78, 5) is 16.3. The number of benzene rings is 1. The third-order valence-corrected chi connectivity index (χ3v) is 3.62. The average molecular weight is 462 g/mol. The van der Waals surface area contributed by atoms with Crippen molar-refractivity contribution in [2.24, 2.45) is 4.99 Å². The number of carbonyl (C=O) groups is 1. The molecular formula is C16H20FIN4OS. The van der Waals surface area contributed by atoms with Crippen molar-refractivity contribution < 1.29 is 9.18 Å². The van der Waals surface area contributed by atoms with Crippen LogP contribution in [0, 0.1) is 5.82 Å². The summed E-state index contributed by atoms with van der Waals surface area (Å²) >= 11 is 1.62. The molecule has 1 aromatic carbocycles. The minimum Gasteiger partial charge on any atom is -0.357 e. The quantitative estimate of drug-likeness (QED) is 0.351. The molecule has 3 N–H and O–H groups in total. The summed E-state index contributed by atoms with van der Waals surface area (Å²) in [6.07, 6.45) is 0. The van der Waals surface area contributed by atoms with Crippen molar-refractivity contribution in [3.63, 3.8) is 0 Å². The lowest BCUT2D eigenvalue weighted by Gasteiger charge is -2.11. The van der Waals surface area contributed by atoms with E-state index in [1.54, 1.807) is 11.3 Å². The Labute approximate surface area is 161 Å². The molecule has 2 aromatic rings. The van der Waals surface area contributed by atoms with E-state index in [0.717, 1.165) is 5.56 Å². The van der Waals surface area contributed by atoms with Crippen molar-refractivity contribution >= 4 is 52.9 Å². The summed E-state index contributed by atoms with van der Waals surface area (Å²) in [5.41, 5.74) is 1.68.